The van der Waals surface area contributed by atoms with Crippen LogP contribution in [0.1, 0.15) is 28.3 Å². The maximum absolute atomic E-state index is 15.1. The van der Waals surface area contributed by atoms with Crippen molar-refractivity contribution in [2.24, 2.45) is 0 Å². The molecule has 0 bridgehead atoms. The number of rotatable bonds is 4. The van der Waals surface area contributed by atoms with Gasteiger partial charge in [-0.05, 0) is 49.7 Å². The van der Waals surface area contributed by atoms with Gasteiger partial charge < -0.3 is 9.84 Å². The lowest BCUT2D eigenvalue weighted by atomic mass is 9.93. The van der Waals surface area contributed by atoms with Crippen molar-refractivity contribution in [2.45, 2.75) is 19.9 Å². The maximum atomic E-state index is 15.1. The van der Waals surface area contributed by atoms with Crippen LogP contribution in [0.4, 0.5) is 9.52 Å². The van der Waals surface area contributed by atoms with Gasteiger partial charge in [0.25, 0.3) is 5.78 Å². The average molecular weight is 489 g/mol. The summed E-state index contributed by atoms with van der Waals surface area (Å²) < 4.78 is 21.1. The van der Waals surface area contributed by atoms with Crippen LogP contribution in [0.25, 0.3) is 16.0 Å². The van der Waals surface area contributed by atoms with Gasteiger partial charge in [-0.2, -0.15) is 0 Å². The zero-order valence-electron chi connectivity index (χ0n) is 19.2. The minimum atomic E-state index is -1.18. The molecule has 3 aromatic carbocycles. The first-order valence-electron chi connectivity index (χ1n) is 10.9. The Labute approximate surface area is 204 Å². The maximum Gasteiger partial charge on any atom is 0.301 e. The molecule has 1 unspecified atom stereocenters. The highest BCUT2D eigenvalue weighted by Crippen LogP contribution is 2.45. The minimum absolute atomic E-state index is 0.0930. The second kappa shape index (κ2) is 8.63. The molecule has 8 heteroatoms. The van der Waals surface area contributed by atoms with Crippen LogP contribution in [0.2, 0.25) is 0 Å². The van der Waals surface area contributed by atoms with Gasteiger partial charge in [-0.15, -0.1) is 0 Å². The van der Waals surface area contributed by atoms with Crippen LogP contribution in [0, 0.1) is 19.7 Å². The number of ketones is 1. The van der Waals surface area contributed by atoms with Crippen molar-refractivity contribution >= 4 is 44.1 Å². The number of fused-ring (bicyclic) bond motifs is 1. The predicted molar refractivity (Wildman–Crippen MR) is 133 cm³/mol. The average Bonchev–Trinajstić information content (AvgIpc) is 3.38. The summed E-state index contributed by atoms with van der Waals surface area (Å²) in [5.74, 6) is -2.10. The molecule has 0 radical (unpaired) electrons. The first-order valence-corrected chi connectivity index (χ1v) is 11.7. The molecule has 1 N–H and O–H groups in total. The van der Waals surface area contributed by atoms with Crippen molar-refractivity contribution in [3.63, 3.8) is 0 Å². The summed E-state index contributed by atoms with van der Waals surface area (Å²) in [5, 5.41) is 11.6. The number of anilines is 1. The summed E-state index contributed by atoms with van der Waals surface area (Å²) in [4.78, 5) is 32.4. The molecule has 5 rings (SSSR count). The van der Waals surface area contributed by atoms with E-state index in [2.05, 4.69) is 4.98 Å². The van der Waals surface area contributed by atoms with Crippen molar-refractivity contribution in [3.8, 4) is 5.75 Å². The summed E-state index contributed by atoms with van der Waals surface area (Å²) in [6, 6.07) is 15.4. The van der Waals surface area contributed by atoms with E-state index in [1.807, 2.05) is 19.1 Å². The molecule has 0 saturated carbocycles. The fourth-order valence-electron chi connectivity index (χ4n) is 4.28. The Morgan fingerprint density at radius 2 is 1.86 bits per heavy atom. The third kappa shape index (κ3) is 3.76. The molecule has 176 valence electrons. The molecule has 1 saturated heterocycles. The van der Waals surface area contributed by atoms with Gasteiger partial charge in [0.05, 0.1) is 22.9 Å². The van der Waals surface area contributed by atoms with Crippen LogP contribution in [0.3, 0.4) is 0 Å². The molecular weight excluding hydrogens is 467 g/mol. The molecule has 1 aliphatic heterocycles. The Morgan fingerprint density at radius 3 is 2.60 bits per heavy atom. The quantitative estimate of drug-likeness (QED) is 0.227. The first kappa shape index (κ1) is 22.7. The summed E-state index contributed by atoms with van der Waals surface area (Å²) in [7, 11) is 1.55. The second-order valence-corrected chi connectivity index (χ2v) is 9.35. The molecule has 1 atom stereocenters. The van der Waals surface area contributed by atoms with Crippen molar-refractivity contribution < 1.29 is 23.8 Å². The van der Waals surface area contributed by atoms with E-state index < -0.39 is 23.5 Å². The highest BCUT2D eigenvalue weighted by Gasteiger charge is 2.49. The molecule has 2 heterocycles. The zero-order valence-corrected chi connectivity index (χ0v) is 20.0. The summed E-state index contributed by atoms with van der Waals surface area (Å²) in [6.45, 7) is 3.65. The lowest BCUT2D eigenvalue weighted by Gasteiger charge is -2.23. The van der Waals surface area contributed by atoms with Crippen LogP contribution in [-0.4, -0.2) is 28.9 Å². The van der Waals surface area contributed by atoms with Crippen LogP contribution in [0.15, 0.2) is 66.2 Å². The van der Waals surface area contributed by atoms with Gasteiger partial charge in [0, 0.05) is 11.1 Å². The van der Waals surface area contributed by atoms with E-state index >= 15 is 4.39 Å². The number of hydrogen-bond donors (Lipinski definition) is 1. The number of benzene rings is 3. The fourth-order valence-corrected chi connectivity index (χ4v) is 5.30. The number of aliphatic hydroxyl groups excluding tert-OH is 1. The smallest absolute Gasteiger partial charge is 0.301 e. The lowest BCUT2D eigenvalue weighted by molar-refractivity contribution is -0.132. The SMILES string of the molecule is COc1ccc2nc(N3C(=O)C(=O)C(=C(O)c4cc(C)ccc4C)C3c3ccccc3F)sc2c1. The Bertz CT molecular complexity index is 1540. The van der Waals surface area contributed by atoms with Crippen molar-refractivity contribution in [3.05, 3.63) is 94.3 Å². The number of methoxy groups -OCH3 is 1. The minimum Gasteiger partial charge on any atom is -0.507 e. The zero-order chi connectivity index (χ0) is 24.9. The number of halogens is 1. The molecular formula is C27H21FN2O4S. The van der Waals surface area contributed by atoms with Crippen LogP contribution in [-0.2, 0) is 9.59 Å². The number of ether oxygens (including phenoxy) is 1. The summed E-state index contributed by atoms with van der Waals surface area (Å²) >= 11 is 1.18. The number of aryl methyl sites for hydroxylation is 2. The van der Waals surface area contributed by atoms with Gasteiger partial charge in [-0.3, -0.25) is 14.5 Å². The molecule has 6 nitrogen and oxygen atoms in total. The Kier molecular flexibility index (Phi) is 5.61. The molecule has 1 fully saturated rings. The normalized spacial score (nSPS) is 17.4. The van der Waals surface area contributed by atoms with Gasteiger partial charge in [-0.1, -0.05) is 47.2 Å². The second-order valence-electron chi connectivity index (χ2n) is 8.34. The van der Waals surface area contributed by atoms with Gasteiger partial charge in [0.15, 0.2) is 5.13 Å². The van der Waals surface area contributed by atoms with E-state index in [4.69, 9.17) is 4.74 Å². The predicted octanol–water partition coefficient (Wildman–Crippen LogP) is 5.69. The Hall–Kier alpha value is -4.04. The van der Waals surface area contributed by atoms with Gasteiger partial charge in [0.2, 0.25) is 0 Å². The number of aliphatic hydroxyl groups is 1. The number of carbonyl (C=O) groups is 2. The van der Waals surface area contributed by atoms with E-state index in [0.717, 1.165) is 15.8 Å². The third-order valence-electron chi connectivity index (χ3n) is 6.08. The number of nitrogens with zero attached hydrogens (tertiary/aromatic N) is 2. The van der Waals surface area contributed by atoms with E-state index in [1.54, 1.807) is 44.4 Å². The van der Waals surface area contributed by atoms with E-state index in [1.165, 1.54) is 34.4 Å². The standard InChI is InChI=1S/C27H21FN2O4S/c1-14-8-9-15(2)18(12-14)24(31)22-23(17-6-4-5-7-19(17)28)30(26(33)25(22)32)27-29-20-11-10-16(34-3)13-21(20)35-27/h4-13,23,31H,1-3H3. The number of amides is 1. The number of aromatic nitrogens is 1. The van der Waals surface area contributed by atoms with Crippen molar-refractivity contribution in [1.82, 2.24) is 4.98 Å². The molecule has 35 heavy (non-hydrogen) atoms. The molecule has 0 aliphatic carbocycles. The van der Waals surface area contributed by atoms with Gasteiger partial charge in [-0.25, -0.2) is 9.37 Å². The van der Waals surface area contributed by atoms with Gasteiger partial charge >= 0.3 is 5.91 Å². The van der Waals surface area contributed by atoms with E-state index in [9.17, 15) is 14.7 Å². The van der Waals surface area contributed by atoms with E-state index in [-0.39, 0.29) is 22.0 Å². The van der Waals surface area contributed by atoms with Crippen LogP contribution in [0.5, 0.6) is 5.75 Å². The Balaban J connectivity index is 1.76. The van der Waals surface area contributed by atoms with Crippen molar-refractivity contribution in [1.29, 1.82) is 0 Å². The van der Waals surface area contributed by atoms with Crippen LogP contribution < -0.4 is 9.64 Å². The lowest BCUT2D eigenvalue weighted by Crippen LogP contribution is -2.29. The van der Waals surface area contributed by atoms with Crippen LogP contribution >= 0.6 is 11.3 Å². The molecule has 1 aliphatic rings. The fraction of sp³-hybridized carbons (Fsp3) is 0.148. The van der Waals surface area contributed by atoms with Crippen molar-refractivity contribution in [2.75, 3.05) is 12.0 Å². The number of Topliss-reactive ketones (excluding diaryl/α,β-unsaturated/α-hetero) is 1. The molecule has 1 amide bonds. The first-order chi connectivity index (χ1) is 16.8. The topological polar surface area (TPSA) is 79.7 Å². The number of hydrogen-bond acceptors (Lipinski definition) is 6. The monoisotopic (exact) mass is 488 g/mol. The Morgan fingerprint density at radius 1 is 1.09 bits per heavy atom. The third-order valence-corrected chi connectivity index (χ3v) is 7.10. The highest BCUT2D eigenvalue weighted by atomic mass is 32.1. The van der Waals surface area contributed by atoms with Gasteiger partial charge in [0.1, 0.15) is 23.4 Å². The number of carbonyl (C=O) groups excluding carboxylic acids is 2. The van der Waals surface area contributed by atoms with E-state index in [0.29, 0.717) is 16.8 Å². The molecule has 4 aromatic rings. The molecule has 0 spiro atoms. The molecule has 1 aromatic heterocycles. The largest absolute Gasteiger partial charge is 0.507 e. The summed E-state index contributed by atoms with van der Waals surface area (Å²) in [6.07, 6.45) is 0. The number of thiazole rings is 1. The highest BCUT2D eigenvalue weighted by molar-refractivity contribution is 7.22. The summed E-state index contributed by atoms with van der Waals surface area (Å²) in [5.41, 5.74) is 2.53.